The van der Waals surface area contributed by atoms with Crippen molar-refractivity contribution in [1.29, 1.82) is 0 Å². The average molecular weight is 317 g/mol. The summed E-state index contributed by atoms with van der Waals surface area (Å²) in [5.74, 6) is 0.535. The molecule has 0 aromatic carbocycles. The smallest absolute Gasteiger partial charge is 0.314 e. The van der Waals surface area contributed by atoms with Gasteiger partial charge in [-0.2, -0.15) is 0 Å². The lowest BCUT2D eigenvalue weighted by Gasteiger charge is -2.26. The molecule has 122 valence electrons. The van der Waals surface area contributed by atoms with Gasteiger partial charge in [-0.3, -0.25) is 4.90 Å². The van der Waals surface area contributed by atoms with E-state index in [1.165, 1.54) is 12.8 Å². The number of carbonyl (C=O) groups excluding carboxylic acids is 1. The second-order valence-corrected chi connectivity index (χ2v) is 8.39. The molecule has 0 aromatic heterocycles. The van der Waals surface area contributed by atoms with E-state index in [0.717, 1.165) is 19.5 Å². The molecule has 2 atom stereocenters. The molecular weight excluding hydrogens is 290 g/mol. The highest BCUT2D eigenvalue weighted by Crippen LogP contribution is 2.17. The fourth-order valence-corrected chi connectivity index (χ4v) is 5.04. The van der Waals surface area contributed by atoms with Crippen molar-refractivity contribution >= 4 is 15.9 Å². The van der Waals surface area contributed by atoms with Crippen LogP contribution < -0.4 is 10.6 Å². The van der Waals surface area contributed by atoms with Gasteiger partial charge < -0.3 is 10.6 Å². The van der Waals surface area contributed by atoms with E-state index in [1.54, 1.807) is 0 Å². The van der Waals surface area contributed by atoms with E-state index in [4.69, 9.17) is 0 Å². The number of nitrogens with zero attached hydrogens (tertiary/aromatic N) is 1. The molecule has 2 N–H and O–H groups in total. The van der Waals surface area contributed by atoms with Crippen molar-refractivity contribution in [1.82, 2.24) is 15.5 Å². The topological polar surface area (TPSA) is 78.5 Å². The predicted octanol–water partition coefficient (Wildman–Crippen LogP) is 0.595. The molecule has 2 amide bonds. The number of hydrogen-bond acceptors (Lipinski definition) is 4. The standard InChI is InChI=1S/C14H27N3O3S/c1-2-13(17-6-3-4-7-17)10-16-14(18)15-9-12-5-8-21(19,20)11-12/h12-13H,2-11H2,1H3,(H2,15,16,18)/t12-,13-/m1/s1. The first-order valence-electron chi connectivity index (χ1n) is 7.96. The fraction of sp³-hybridized carbons (Fsp3) is 0.929. The lowest BCUT2D eigenvalue weighted by Crippen LogP contribution is -2.46. The minimum Gasteiger partial charge on any atom is -0.338 e. The summed E-state index contributed by atoms with van der Waals surface area (Å²) >= 11 is 0. The van der Waals surface area contributed by atoms with E-state index in [2.05, 4.69) is 22.5 Å². The highest BCUT2D eigenvalue weighted by Gasteiger charge is 2.28. The Morgan fingerprint density at radius 3 is 2.57 bits per heavy atom. The zero-order valence-corrected chi connectivity index (χ0v) is 13.6. The van der Waals surface area contributed by atoms with Gasteiger partial charge in [-0.15, -0.1) is 0 Å². The number of rotatable bonds is 6. The SMILES string of the molecule is CC[C@H](CNC(=O)NC[C@H]1CCS(=O)(=O)C1)N1CCCC1. The molecule has 6 nitrogen and oxygen atoms in total. The molecule has 2 aliphatic heterocycles. The van der Waals surface area contributed by atoms with Gasteiger partial charge in [0.25, 0.3) is 0 Å². The van der Waals surface area contributed by atoms with Crippen LogP contribution >= 0.6 is 0 Å². The number of urea groups is 1. The van der Waals surface area contributed by atoms with Gasteiger partial charge in [0.1, 0.15) is 0 Å². The Morgan fingerprint density at radius 2 is 2.00 bits per heavy atom. The molecule has 2 aliphatic rings. The van der Waals surface area contributed by atoms with Crippen LogP contribution in [0.25, 0.3) is 0 Å². The lowest BCUT2D eigenvalue weighted by molar-refractivity contribution is 0.215. The van der Waals surface area contributed by atoms with E-state index in [1.807, 2.05) is 0 Å². The molecule has 0 unspecified atom stereocenters. The first-order valence-corrected chi connectivity index (χ1v) is 9.78. The van der Waals surface area contributed by atoms with Crippen LogP contribution in [-0.2, 0) is 9.84 Å². The largest absolute Gasteiger partial charge is 0.338 e. The second-order valence-electron chi connectivity index (χ2n) is 6.17. The minimum absolute atomic E-state index is 0.0707. The molecule has 0 spiro atoms. The van der Waals surface area contributed by atoms with Crippen molar-refractivity contribution in [3.8, 4) is 0 Å². The van der Waals surface area contributed by atoms with Crippen molar-refractivity contribution in [2.24, 2.45) is 5.92 Å². The van der Waals surface area contributed by atoms with Crippen LogP contribution in [0.3, 0.4) is 0 Å². The van der Waals surface area contributed by atoms with Gasteiger partial charge in [0.2, 0.25) is 0 Å². The van der Waals surface area contributed by atoms with Crippen molar-refractivity contribution in [2.45, 2.75) is 38.6 Å². The summed E-state index contributed by atoms with van der Waals surface area (Å²) in [5.41, 5.74) is 0. The zero-order chi connectivity index (χ0) is 15.3. The molecule has 0 saturated carbocycles. The normalized spacial score (nSPS) is 26.6. The molecule has 0 bridgehead atoms. The van der Waals surface area contributed by atoms with E-state index < -0.39 is 9.84 Å². The first-order chi connectivity index (χ1) is 10.00. The number of hydrogen-bond donors (Lipinski definition) is 2. The van der Waals surface area contributed by atoms with Crippen LogP contribution in [0, 0.1) is 5.92 Å². The van der Waals surface area contributed by atoms with E-state index in [9.17, 15) is 13.2 Å². The number of likely N-dealkylation sites (tertiary alicyclic amines) is 1. The molecular formula is C14H27N3O3S. The minimum atomic E-state index is -2.86. The summed E-state index contributed by atoms with van der Waals surface area (Å²) in [6, 6.07) is 0.224. The van der Waals surface area contributed by atoms with Crippen LogP contribution in [-0.4, -0.2) is 63.1 Å². The fourth-order valence-electron chi connectivity index (χ4n) is 3.18. The summed E-state index contributed by atoms with van der Waals surface area (Å²) in [6.45, 7) is 5.51. The quantitative estimate of drug-likeness (QED) is 0.752. The van der Waals surface area contributed by atoms with Crippen molar-refractivity contribution in [3.05, 3.63) is 0 Å². The third-order valence-electron chi connectivity index (χ3n) is 4.50. The summed E-state index contributed by atoms with van der Waals surface area (Å²) in [5, 5.41) is 5.71. The predicted molar refractivity (Wildman–Crippen MR) is 83.0 cm³/mol. The summed E-state index contributed by atoms with van der Waals surface area (Å²) in [6.07, 6.45) is 4.19. The van der Waals surface area contributed by atoms with E-state index >= 15 is 0 Å². The Kier molecular flexibility index (Phi) is 5.87. The number of nitrogens with one attached hydrogen (secondary N) is 2. The van der Waals surface area contributed by atoms with Gasteiger partial charge >= 0.3 is 6.03 Å². The number of carbonyl (C=O) groups is 1. The molecule has 7 heteroatoms. The molecule has 2 rings (SSSR count). The molecule has 2 fully saturated rings. The maximum atomic E-state index is 11.8. The third-order valence-corrected chi connectivity index (χ3v) is 6.34. The van der Waals surface area contributed by atoms with Crippen LogP contribution in [0.4, 0.5) is 4.79 Å². The number of sulfone groups is 1. The van der Waals surface area contributed by atoms with Crippen molar-refractivity contribution in [2.75, 3.05) is 37.7 Å². The van der Waals surface area contributed by atoms with E-state index in [0.29, 0.717) is 25.6 Å². The Labute approximate surface area is 127 Å². The molecule has 0 aromatic rings. The van der Waals surface area contributed by atoms with Crippen molar-refractivity contribution < 1.29 is 13.2 Å². The summed E-state index contributed by atoms with van der Waals surface area (Å²) in [7, 11) is -2.86. The highest BCUT2D eigenvalue weighted by molar-refractivity contribution is 7.91. The van der Waals surface area contributed by atoms with Crippen LogP contribution in [0.1, 0.15) is 32.6 Å². The van der Waals surface area contributed by atoms with Crippen LogP contribution in [0.5, 0.6) is 0 Å². The van der Waals surface area contributed by atoms with E-state index in [-0.39, 0.29) is 23.5 Å². The zero-order valence-electron chi connectivity index (χ0n) is 12.8. The van der Waals surface area contributed by atoms with Gasteiger partial charge in [-0.1, -0.05) is 6.92 Å². The van der Waals surface area contributed by atoms with Crippen LogP contribution in [0.15, 0.2) is 0 Å². The van der Waals surface area contributed by atoms with Gasteiger partial charge in [0.05, 0.1) is 11.5 Å². The van der Waals surface area contributed by atoms with Crippen molar-refractivity contribution in [3.63, 3.8) is 0 Å². The van der Waals surface area contributed by atoms with Gasteiger partial charge in [0, 0.05) is 19.1 Å². The summed E-state index contributed by atoms with van der Waals surface area (Å²) in [4.78, 5) is 14.2. The van der Waals surface area contributed by atoms with Crippen LogP contribution in [0.2, 0.25) is 0 Å². The molecule has 21 heavy (non-hydrogen) atoms. The molecule has 2 saturated heterocycles. The molecule has 0 aliphatic carbocycles. The highest BCUT2D eigenvalue weighted by atomic mass is 32.2. The Balaban J connectivity index is 1.65. The molecule has 0 radical (unpaired) electrons. The Morgan fingerprint density at radius 1 is 1.29 bits per heavy atom. The first kappa shape index (κ1) is 16.5. The number of amides is 2. The average Bonchev–Trinajstić information content (AvgIpc) is 3.07. The van der Waals surface area contributed by atoms with Gasteiger partial charge in [-0.05, 0) is 44.7 Å². The molecule has 2 heterocycles. The Bertz CT molecular complexity index is 446. The van der Waals surface area contributed by atoms with Gasteiger partial charge in [0.15, 0.2) is 9.84 Å². The Hall–Kier alpha value is -0.820. The monoisotopic (exact) mass is 317 g/mol. The van der Waals surface area contributed by atoms with Gasteiger partial charge in [-0.25, -0.2) is 13.2 Å². The lowest BCUT2D eigenvalue weighted by atomic mass is 10.1. The third kappa shape index (κ3) is 5.14. The second kappa shape index (κ2) is 7.45. The maximum Gasteiger partial charge on any atom is 0.314 e. The summed E-state index contributed by atoms with van der Waals surface area (Å²) < 4.78 is 22.7. The maximum absolute atomic E-state index is 11.8.